The lowest BCUT2D eigenvalue weighted by atomic mass is 9.95. The molecule has 0 aromatic heterocycles. The lowest BCUT2D eigenvalue weighted by Crippen LogP contribution is -2.41. The molecule has 2 saturated heterocycles. The zero-order valence-electron chi connectivity index (χ0n) is 14.9. The second kappa shape index (κ2) is 8.45. The summed E-state index contributed by atoms with van der Waals surface area (Å²) in [5.41, 5.74) is 2.35. The molecule has 1 aromatic carbocycles. The number of piperidine rings is 1. The highest BCUT2D eigenvalue weighted by atomic mass is 16.5. The van der Waals surface area contributed by atoms with E-state index >= 15 is 0 Å². The molecule has 0 spiro atoms. The fraction of sp³-hybridized carbons (Fsp3) is 0.579. The number of ether oxygens (including phenoxy) is 1. The molecule has 1 aromatic rings. The van der Waals surface area contributed by atoms with Crippen molar-refractivity contribution in [2.24, 2.45) is 5.92 Å². The molecule has 2 heterocycles. The van der Waals surface area contributed by atoms with Crippen molar-refractivity contribution < 1.29 is 14.3 Å². The highest BCUT2D eigenvalue weighted by Gasteiger charge is 2.28. The number of hydrogen-bond donors (Lipinski definition) is 1. The van der Waals surface area contributed by atoms with E-state index < -0.39 is 0 Å². The van der Waals surface area contributed by atoms with Crippen LogP contribution in [0.1, 0.15) is 24.0 Å². The van der Waals surface area contributed by atoms with Gasteiger partial charge >= 0.3 is 0 Å². The number of morpholine rings is 1. The summed E-state index contributed by atoms with van der Waals surface area (Å²) in [5, 5.41) is 2.99. The van der Waals surface area contributed by atoms with E-state index in [2.05, 4.69) is 22.3 Å². The summed E-state index contributed by atoms with van der Waals surface area (Å²) in [6.07, 6.45) is 1.06. The standard InChI is InChI=1S/C19H27N3O3/c1-21-6-5-17(12-18(21)23)19(24)20-13-15-3-2-4-16(11-15)14-22-7-9-25-10-8-22/h2-4,11,17H,5-10,12-14H2,1H3,(H,20,24)/t17-/m0/s1. The highest BCUT2D eigenvalue weighted by molar-refractivity contribution is 5.86. The van der Waals surface area contributed by atoms with Gasteiger partial charge in [-0.15, -0.1) is 0 Å². The predicted octanol–water partition coefficient (Wildman–Crippen LogP) is 1.00. The molecule has 25 heavy (non-hydrogen) atoms. The Morgan fingerprint density at radius 2 is 2.00 bits per heavy atom. The van der Waals surface area contributed by atoms with Gasteiger partial charge < -0.3 is 15.0 Å². The maximum Gasteiger partial charge on any atom is 0.223 e. The van der Waals surface area contributed by atoms with Gasteiger partial charge in [-0.3, -0.25) is 14.5 Å². The summed E-state index contributed by atoms with van der Waals surface area (Å²) in [6.45, 7) is 5.60. The van der Waals surface area contributed by atoms with E-state index in [0.29, 0.717) is 19.5 Å². The molecule has 1 N–H and O–H groups in total. The lowest BCUT2D eigenvalue weighted by Gasteiger charge is -2.28. The summed E-state index contributed by atoms with van der Waals surface area (Å²) in [6, 6.07) is 8.34. The smallest absolute Gasteiger partial charge is 0.223 e. The van der Waals surface area contributed by atoms with Gasteiger partial charge in [-0.25, -0.2) is 0 Å². The average Bonchev–Trinajstić information content (AvgIpc) is 2.63. The van der Waals surface area contributed by atoms with E-state index in [1.54, 1.807) is 11.9 Å². The van der Waals surface area contributed by atoms with Crippen LogP contribution in [0.15, 0.2) is 24.3 Å². The molecule has 0 bridgehead atoms. The van der Waals surface area contributed by atoms with E-state index in [9.17, 15) is 9.59 Å². The first-order valence-corrected chi connectivity index (χ1v) is 9.01. The molecule has 6 nitrogen and oxygen atoms in total. The summed E-state index contributed by atoms with van der Waals surface area (Å²) in [5.74, 6) is -0.154. The Balaban J connectivity index is 1.50. The number of likely N-dealkylation sites (tertiary alicyclic amines) is 1. The van der Waals surface area contributed by atoms with Gasteiger partial charge in [0.2, 0.25) is 11.8 Å². The number of nitrogens with one attached hydrogen (secondary N) is 1. The third-order valence-corrected chi connectivity index (χ3v) is 5.00. The zero-order chi connectivity index (χ0) is 17.6. The van der Waals surface area contributed by atoms with Crippen LogP contribution in [0.4, 0.5) is 0 Å². The van der Waals surface area contributed by atoms with Gasteiger partial charge in [0.15, 0.2) is 0 Å². The average molecular weight is 345 g/mol. The van der Waals surface area contributed by atoms with Gasteiger partial charge in [-0.05, 0) is 17.5 Å². The monoisotopic (exact) mass is 345 g/mol. The van der Waals surface area contributed by atoms with Gasteiger partial charge in [0.05, 0.1) is 13.2 Å². The van der Waals surface area contributed by atoms with Crippen molar-refractivity contribution in [3.63, 3.8) is 0 Å². The van der Waals surface area contributed by atoms with E-state index in [1.165, 1.54) is 5.56 Å². The Bertz CT molecular complexity index is 614. The SMILES string of the molecule is CN1CC[C@H](C(=O)NCc2cccc(CN3CCOCC3)c2)CC1=O. The summed E-state index contributed by atoms with van der Waals surface area (Å²) >= 11 is 0. The van der Waals surface area contributed by atoms with E-state index in [0.717, 1.165) is 44.8 Å². The molecular weight excluding hydrogens is 318 g/mol. The summed E-state index contributed by atoms with van der Waals surface area (Å²) in [4.78, 5) is 28.1. The van der Waals surface area contributed by atoms with Gasteiger partial charge in [-0.1, -0.05) is 24.3 Å². The number of amides is 2. The van der Waals surface area contributed by atoms with Crippen LogP contribution in [0, 0.1) is 5.92 Å². The Labute approximate surface area is 149 Å². The minimum Gasteiger partial charge on any atom is -0.379 e. The molecule has 2 amide bonds. The Morgan fingerprint density at radius 3 is 2.76 bits per heavy atom. The number of hydrogen-bond acceptors (Lipinski definition) is 4. The fourth-order valence-corrected chi connectivity index (χ4v) is 3.36. The lowest BCUT2D eigenvalue weighted by molar-refractivity contribution is -0.139. The van der Waals surface area contributed by atoms with Gasteiger partial charge in [0.25, 0.3) is 0 Å². The first kappa shape index (κ1) is 17.9. The Hall–Kier alpha value is -1.92. The number of rotatable bonds is 5. The fourth-order valence-electron chi connectivity index (χ4n) is 3.36. The Kier molecular flexibility index (Phi) is 6.04. The molecule has 2 aliphatic heterocycles. The van der Waals surface area contributed by atoms with Crippen molar-refractivity contribution in [3.8, 4) is 0 Å². The van der Waals surface area contributed by atoms with Crippen LogP contribution in [0.2, 0.25) is 0 Å². The Morgan fingerprint density at radius 1 is 1.24 bits per heavy atom. The molecule has 3 rings (SSSR count). The maximum absolute atomic E-state index is 12.3. The third-order valence-electron chi connectivity index (χ3n) is 5.00. The molecule has 0 saturated carbocycles. The highest BCUT2D eigenvalue weighted by Crippen LogP contribution is 2.17. The van der Waals surface area contributed by atoms with Crippen molar-refractivity contribution in [2.75, 3.05) is 39.9 Å². The van der Waals surface area contributed by atoms with Crippen LogP contribution in [0.25, 0.3) is 0 Å². The van der Waals surface area contributed by atoms with E-state index in [-0.39, 0.29) is 17.7 Å². The molecule has 0 radical (unpaired) electrons. The first-order valence-electron chi connectivity index (χ1n) is 9.01. The molecular formula is C19H27N3O3. The zero-order valence-corrected chi connectivity index (χ0v) is 14.9. The van der Waals surface area contributed by atoms with Gasteiger partial charge in [-0.2, -0.15) is 0 Å². The summed E-state index contributed by atoms with van der Waals surface area (Å²) in [7, 11) is 1.79. The number of carbonyl (C=O) groups is 2. The molecule has 2 aliphatic rings. The minimum atomic E-state index is -0.194. The van der Waals surface area contributed by atoms with E-state index in [1.807, 2.05) is 12.1 Å². The number of carbonyl (C=O) groups excluding carboxylic acids is 2. The second-order valence-corrected chi connectivity index (χ2v) is 6.93. The van der Waals surface area contributed by atoms with Gasteiger partial charge in [0, 0.05) is 52.1 Å². The predicted molar refractivity (Wildman–Crippen MR) is 94.7 cm³/mol. The third kappa shape index (κ3) is 5.03. The molecule has 6 heteroatoms. The first-order chi connectivity index (χ1) is 12.1. The van der Waals surface area contributed by atoms with Crippen molar-refractivity contribution >= 4 is 11.8 Å². The van der Waals surface area contributed by atoms with Crippen LogP contribution in [-0.4, -0.2) is 61.5 Å². The number of benzene rings is 1. The molecule has 1 atom stereocenters. The van der Waals surface area contributed by atoms with Crippen LogP contribution in [0.3, 0.4) is 0 Å². The van der Waals surface area contributed by atoms with Crippen LogP contribution in [0.5, 0.6) is 0 Å². The molecule has 136 valence electrons. The van der Waals surface area contributed by atoms with Crippen molar-refractivity contribution in [1.29, 1.82) is 0 Å². The van der Waals surface area contributed by atoms with Crippen LogP contribution < -0.4 is 5.32 Å². The largest absolute Gasteiger partial charge is 0.379 e. The topological polar surface area (TPSA) is 61.9 Å². The minimum absolute atomic E-state index is 0.0139. The van der Waals surface area contributed by atoms with Crippen molar-refractivity contribution in [1.82, 2.24) is 15.1 Å². The van der Waals surface area contributed by atoms with Crippen LogP contribution in [-0.2, 0) is 27.4 Å². The van der Waals surface area contributed by atoms with Crippen molar-refractivity contribution in [3.05, 3.63) is 35.4 Å². The molecule has 0 unspecified atom stereocenters. The van der Waals surface area contributed by atoms with Gasteiger partial charge in [0.1, 0.15) is 0 Å². The van der Waals surface area contributed by atoms with Crippen molar-refractivity contribution in [2.45, 2.75) is 25.9 Å². The number of nitrogens with zero attached hydrogens (tertiary/aromatic N) is 2. The van der Waals surface area contributed by atoms with E-state index in [4.69, 9.17) is 4.74 Å². The molecule has 2 fully saturated rings. The molecule has 0 aliphatic carbocycles. The maximum atomic E-state index is 12.3. The second-order valence-electron chi connectivity index (χ2n) is 6.93. The van der Waals surface area contributed by atoms with Crippen LogP contribution >= 0.6 is 0 Å². The normalized spacial score (nSPS) is 22.0. The summed E-state index contributed by atoms with van der Waals surface area (Å²) < 4.78 is 5.38. The quantitative estimate of drug-likeness (QED) is 0.865.